The van der Waals surface area contributed by atoms with E-state index < -0.39 is 0 Å². The Hall–Kier alpha value is -2.17. The maximum Gasteiger partial charge on any atom is 0.223 e. The second-order valence-corrected chi connectivity index (χ2v) is 4.14. The average Bonchev–Trinajstić information content (AvgIpc) is 2.90. The molecule has 0 saturated heterocycles. The van der Waals surface area contributed by atoms with Gasteiger partial charge in [0.05, 0.1) is 6.54 Å². The van der Waals surface area contributed by atoms with Crippen LogP contribution in [-0.2, 0) is 17.8 Å². The molecule has 2 rings (SSSR count). The molecule has 0 aromatic carbocycles. The van der Waals surface area contributed by atoms with Crippen molar-refractivity contribution in [2.75, 3.05) is 7.05 Å². The fraction of sp³-hybridized carbons (Fsp3) is 0.308. The lowest BCUT2D eigenvalue weighted by atomic mass is 10.1. The van der Waals surface area contributed by atoms with Crippen LogP contribution < -0.4 is 0 Å². The van der Waals surface area contributed by atoms with Crippen LogP contribution in [0.15, 0.2) is 36.9 Å². The maximum atomic E-state index is 11.9. The minimum Gasteiger partial charge on any atom is -0.347 e. The normalized spacial score (nSPS) is 10.3. The van der Waals surface area contributed by atoms with Gasteiger partial charge in [-0.1, -0.05) is 0 Å². The number of hydrogen-bond acceptors (Lipinski definition) is 3. The molecule has 0 bridgehead atoms. The molecule has 0 saturated carbocycles. The van der Waals surface area contributed by atoms with E-state index in [2.05, 4.69) is 15.0 Å². The van der Waals surface area contributed by atoms with Crippen molar-refractivity contribution in [3.05, 3.63) is 48.3 Å². The van der Waals surface area contributed by atoms with Crippen molar-refractivity contribution in [3.8, 4) is 0 Å². The van der Waals surface area contributed by atoms with E-state index in [4.69, 9.17) is 0 Å². The van der Waals surface area contributed by atoms with Crippen LogP contribution in [0, 0.1) is 0 Å². The molecule has 0 atom stereocenters. The second-order valence-electron chi connectivity index (χ2n) is 4.14. The summed E-state index contributed by atoms with van der Waals surface area (Å²) in [5.74, 6) is 0.915. The highest BCUT2D eigenvalue weighted by Crippen LogP contribution is 2.04. The van der Waals surface area contributed by atoms with E-state index in [-0.39, 0.29) is 5.91 Å². The van der Waals surface area contributed by atoms with Crippen LogP contribution in [0.4, 0.5) is 0 Å². The van der Waals surface area contributed by atoms with Crippen molar-refractivity contribution in [3.63, 3.8) is 0 Å². The number of rotatable bonds is 5. The summed E-state index contributed by atoms with van der Waals surface area (Å²) in [4.78, 5) is 24.6. The van der Waals surface area contributed by atoms with Crippen molar-refractivity contribution >= 4 is 5.91 Å². The monoisotopic (exact) mass is 244 g/mol. The van der Waals surface area contributed by atoms with Gasteiger partial charge >= 0.3 is 0 Å². The molecule has 0 radical (unpaired) electrons. The number of H-pyrrole nitrogens is 1. The first-order valence-corrected chi connectivity index (χ1v) is 5.87. The van der Waals surface area contributed by atoms with E-state index in [1.54, 1.807) is 36.7 Å². The summed E-state index contributed by atoms with van der Waals surface area (Å²) < 4.78 is 0. The zero-order valence-corrected chi connectivity index (χ0v) is 10.3. The Balaban J connectivity index is 1.81. The number of aromatic amines is 1. The van der Waals surface area contributed by atoms with Gasteiger partial charge in [-0.2, -0.15) is 0 Å². The highest BCUT2D eigenvalue weighted by molar-refractivity contribution is 5.76. The minimum atomic E-state index is 0.114. The quantitative estimate of drug-likeness (QED) is 0.864. The van der Waals surface area contributed by atoms with Crippen molar-refractivity contribution in [2.45, 2.75) is 19.4 Å². The number of amides is 1. The molecule has 0 spiro atoms. The summed E-state index contributed by atoms with van der Waals surface area (Å²) in [5, 5.41) is 0. The summed E-state index contributed by atoms with van der Waals surface area (Å²) >= 11 is 0. The SMILES string of the molecule is CN(Cc1ncc[nH]1)C(=O)CCc1ccncc1. The smallest absolute Gasteiger partial charge is 0.223 e. The molecule has 2 aromatic heterocycles. The first-order valence-electron chi connectivity index (χ1n) is 5.87. The minimum absolute atomic E-state index is 0.114. The van der Waals surface area contributed by atoms with Crippen LogP contribution in [0.5, 0.6) is 0 Å². The number of aryl methyl sites for hydroxylation is 1. The van der Waals surface area contributed by atoms with Crippen LogP contribution in [0.25, 0.3) is 0 Å². The molecule has 2 heterocycles. The Bertz CT molecular complexity index is 481. The van der Waals surface area contributed by atoms with Crippen LogP contribution >= 0.6 is 0 Å². The van der Waals surface area contributed by atoms with E-state index in [1.165, 1.54) is 0 Å². The van der Waals surface area contributed by atoms with Crippen LogP contribution in [0.1, 0.15) is 17.8 Å². The third-order valence-electron chi connectivity index (χ3n) is 2.74. The third kappa shape index (κ3) is 3.41. The summed E-state index contributed by atoms with van der Waals surface area (Å²) in [5.41, 5.74) is 1.13. The number of imidazole rings is 1. The molecule has 0 fully saturated rings. The van der Waals surface area contributed by atoms with Crippen molar-refractivity contribution in [1.29, 1.82) is 0 Å². The van der Waals surface area contributed by atoms with E-state index in [0.717, 1.165) is 17.8 Å². The topological polar surface area (TPSA) is 61.9 Å². The van der Waals surface area contributed by atoms with Gasteiger partial charge in [0, 0.05) is 38.3 Å². The highest BCUT2D eigenvalue weighted by atomic mass is 16.2. The van der Waals surface area contributed by atoms with Gasteiger partial charge in [0.15, 0.2) is 0 Å². The largest absolute Gasteiger partial charge is 0.347 e. The Morgan fingerprint density at radius 1 is 1.33 bits per heavy atom. The number of nitrogens with zero attached hydrogens (tertiary/aromatic N) is 3. The summed E-state index contributed by atoms with van der Waals surface area (Å²) in [6, 6.07) is 3.86. The van der Waals surface area contributed by atoms with Crippen LogP contribution in [-0.4, -0.2) is 32.8 Å². The predicted octanol–water partition coefficient (Wildman–Crippen LogP) is 1.40. The molecular formula is C13H16N4O. The fourth-order valence-corrected chi connectivity index (χ4v) is 1.69. The predicted molar refractivity (Wildman–Crippen MR) is 67.6 cm³/mol. The molecule has 2 aromatic rings. The van der Waals surface area contributed by atoms with Gasteiger partial charge in [0.25, 0.3) is 0 Å². The van der Waals surface area contributed by atoms with Crippen molar-refractivity contribution in [1.82, 2.24) is 19.9 Å². The number of nitrogens with one attached hydrogen (secondary N) is 1. The van der Waals surface area contributed by atoms with Crippen LogP contribution in [0.3, 0.4) is 0 Å². The highest BCUT2D eigenvalue weighted by Gasteiger charge is 2.10. The van der Waals surface area contributed by atoms with Gasteiger partial charge in [-0.15, -0.1) is 0 Å². The molecule has 5 nitrogen and oxygen atoms in total. The number of carbonyl (C=O) groups is 1. The van der Waals surface area contributed by atoms with Crippen LogP contribution in [0.2, 0.25) is 0 Å². The number of carbonyl (C=O) groups excluding carboxylic acids is 1. The van der Waals surface area contributed by atoms with E-state index in [9.17, 15) is 4.79 Å². The van der Waals surface area contributed by atoms with Crippen molar-refractivity contribution < 1.29 is 4.79 Å². The summed E-state index contributed by atoms with van der Waals surface area (Å²) in [6.45, 7) is 0.516. The Morgan fingerprint density at radius 2 is 2.11 bits per heavy atom. The Labute approximate surface area is 106 Å². The lowest BCUT2D eigenvalue weighted by Crippen LogP contribution is -2.26. The van der Waals surface area contributed by atoms with Gasteiger partial charge < -0.3 is 9.88 Å². The fourth-order valence-electron chi connectivity index (χ4n) is 1.69. The van der Waals surface area contributed by atoms with Gasteiger partial charge in [0.2, 0.25) is 5.91 Å². The molecule has 0 unspecified atom stereocenters. The van der Waals surface area contributed by atoms with Gasteiger partial charge in [0.1, 0.15) is 5.82 Å². The number of pyridine rings is 1. The molecule has 0 aliphatic heterocycles. The molecule has 1 N–H and O–H groups in total. The molecule has 0 aliphatic carbocycles. The summed E-state index contributed by atoms with van der Waals surface area (Å²) in [7, 11) is 1.79. The number of aromatic nitrogens is 3. The van der Waals surface area contributed by atoms with E-state index in [1.807, 2.05) is 12.1 Å². The zero-order valence-electron chi connectivity index (χ0n) is 10.3. The lowest BCUT2D eigenvalue weighted by Gasteiger charge is -2.15. The van der Waals surface area contributed by atoms with Gasteiger partial charge in [-0.25, -0.2) is 4.98 Å². The summed E-state index contributed by atoms with van der Waals surface area (Å²) in [6.07, 6.45) is 8.17. The number of hydrogen-bond donors (Lipinski definition) is 1. The molecular weight excluding hydrogens is 228 g/mol. The Kier molecular flexibility index (Phi) is 4.06. The van der Waals surface area contributed by atoms with E-state index >= 15 is 0 Å². The third-order valence-corrected chi connectivity index (χ3v) is 2.74. The zero-order chi connectivity index (χ0) is 12.8. The molecule has 18 heavy (non-hydrogen) atoms. The Morgan fingerprint density at radius 3 is 2.78 bits per heavy atom. The molecule has 94 valence electrons. The van der Waals surface area contributed by atoms with Crippen molar-refractivity contribution in [2.24, 2.45) is 0 Å². The molecule has 0 aliphatic rings. The molecule has 1 amide bonds. The maximum absolute atomic E-state index is 11.9. The second kappa shape index (κ2) is 5.95. The lowest BCUT2D eigenvalue weighted by molar-refractivity contribution is -0.130. The first-order chi connectivity index (χ1) is 8.75. The van der Waals surface area contributed by atoms with Gasteiger partial charge in [-0.3, -0.25) is 9.78 Å². The average molecular weight is 244 g/mol. The molecule has 5 heteroatoms. The van der Waals surface area contributed by atoms with E-state index in [0.29, 0.717) is 13.0 Å². The standard InChI is InChI=1S/C13H16N4O/c1-17(10-12-15-8-9-16-12)13(18)3-2-11-4-6-14-7-5-11/h4-9H,2-3,10H2,1H3,(H,15,16). The first kappa shape index (κ1) is 12.3. The van der Waals surface area contributed by atoms with Gasteiger partial charge in [-0.05, 0) is 24.1 Å².